The van der Waals surface area contributed by atoms with Gasteiger partial charge >= 0.3 is 11.7 Å². The molecule has 0 spiro atoms. The highest BCUT2D eigenvalue weighted by atomic mass is 32.2. The predicted molar refractivity (Wildman–Crippen MR) is 198 cm³/mol. The summed E-state index contributed by atoms with van der Waals surface area (Å²) in [5.41, 5.74) is 0.886. The summed E-state index contributed by atoms with van der Waals surface area (Å²) < 4.78 is 26.0. The number of aliphatic hydroxyl groups is 4. The second kappa shape index (κ2) is 15.3. The fourth-order valence-corrected chi connectivity index (χ4v) is 7.79. The maximum Gasteiger partial charge on any atom is 0.329 e. The van der Waals surface area contributed by atoms with Crippen molar-refractivity contribution in [1.82, 2.24) is 34.4 Å². The van der Waals surface area contributed by atoms with Crippen LogP contribution >= 0.6 is 0 Å². The van der Waals surface area contributed by atoms with Crippen LogP contribution in [0.2, 0.25) is 0 Å². The molecular weight excluding hydrogens is 739 g/mol. The zero-order chi connectivity index (χ0) is 39.0. The van der Waals surface area contributed by atoms with Gasteiger partial charge in [-0.15, -0.1) is 0 Å². The number of aromatic hydroxyl groups is 1. The van der Waals surface area contributed by atoms with Crippen molar-refractivity contribution in [2.45, 2.75) is 67.1 Å². The number of fused-ring (bicyclic) bond motifs is 1. The molecule has 0 unspecified atom stereocenters. The van der Waals surface area contributed by atoms with Crippen molar-refractivity contribution >= 4 is 44.7 Å². The number of benzene rings is 2. The largest absolute Gasteiger partial charge is 0.493 e. The number of hydrogen-bond acceptors (Lipinski definition) is 14. The van der Waals surface area contributed by atoms with E-state index in [0.717, 1.165) is 10.1 Å². The number of hydrogen-bond donors (Lipinski definition) is 10. The van der Waals surface area contributed by atoms with Crippen LogP contribution in [-0.2, 0) is 23.1 Å². The molecule has 0 bridgehead atoms. The van der Waals surface area contributed by atoms with Crippen molar-refractivity contribution in [1.29, 1.82) is 0 Å². The number of nitrogens with two attached hydrogens (primary N) is 1. The molecule has 5 aromatic rings. The third-order valence-corrected chi connectivity index (χ3v) is 10.9. The highest BCUT2D eigenvalue weighted by Gasteiger charge is 2.46. The number of nitrogens with one attached hydrogen (secondary N) is 4. The number of imidazole rings is 2. The highest BCUT2D eigenvalue weighted by Crippen LogP contribution is 2.41. The van der Waals surface area contributed by atoms with E-state index in [-0.39, 0.29) is 59.3 Å². The van der Waals surface area contributed by atoms with E-state index in [2.05, 4.69) is 25.9 Å². The average Bonchev–Trinajstić information content (AvgIpc) is 3.93. The van der Waals surface area contributed by atoms with Crippen LogP contribution in [0.5, 0.6) is 5.88 Å². The van der Waals surface area contributed by atoms with Crippen LogP contribution in [0.25, 0.3) is 11.2 Å². The summed E-state index contributed by atoms with van der Waals surface area (Å²) in [7, 11) is -3.97. The van der Waals surface area contributed by atoms with E-state index in [9.17, 15) is 43.5 Å². The number of anilines is 3. The number of aromatic nitrogens is 6. The Bertz CT molecular complexity index is 2350. The summed E-state index contributed by atoms with van der Waals surface area (Å²) in [5.74, 6) is -0.0166. The van der Waals surface area contributed by atoms with E-state index in [1.54, 1.807) is 4.57 Å². The van der Waals surface area contributed by atoms with Crippen LogP contribution in [0.4, 0.5) is 22.2 Å². The maximum atomic E-state index is 12.9. The van der Waals surface area contributed by atoms with Gasteiger partial charge < -0.3 is 55.9 Å². The first-order chi connectivity index (χ1) is 26.3. The first kappa shape index (κ1) is 37.7. The van der Waals surface area contributed by atoms with Gasteiger partial charge in [-0.25, -0.2) is 28.1 Å². The first-order valence-electron chi connectivity index (χ1n) is 17.4. The minimum atomic E-state index is -3.97. The lowest BCUT2D eigenvalue weighted by molar-refractivity contribution is 0.00758. The van der Waals surface area contributed by atoms with Gasteiger partial charge in [0.2, 0.25) is 21.9 Å². The smallest absolute Gasteiger partial charge is 0.329 e. The lowest BCUT2D eigenvalue weighted by Gasteiger charge is -2.22. The molecule has 6 atom stereocenters. The van der Waals surface area contributed by atoms with Gasteiger partial charge in [0, 0.05) is 24.8 Å². The van der Waals surface area contributed by atoms with Crippen LogP contribution < -0.4 is 31.7 Å². The number of carbonyl (C=O) groups is 1. The zero-order valence-corrected chi connectivity index (χ0v) is 30.0. The standard InChI is InChI=1S/C34H41N11O9S/c35-55(53,54)22-8-4-7-19(12-22)38-33(51)39-20-9-10-43(14-20)32-41-29(37-21(15-46)11-18-5-2-1-3-6-18)26-30(42-32)44(17-36-26)24-13-25(28(49)27(24)48)45-31(50)23(16-47)40-34(45)52/h1-8,12,17,20-21,24-25,27-28,46-50H,9-11,13-16H2,(H,40,52)(H2,35,53,54)(H,37,41,42)(H2,38,39,51)/t20-,21+,24-,25+,27+,28-/m1/s1. The summed E-state index contributed by atoms with van der Waals surface area (Å²) in [4.78, 5) is 43.9. The van der Waals surface area contributed by atoms with E-state index in [0.29, 0.717) is 24.9 Å². The molecule has 11 N–H and O–H groups in total. The molecule has 21 heteroatoms. The molecule has 292 valence electrons. The van der Waals surface area contributed by atoms with Gasteiger partial charge in [0.1, 0.15) is 17.9 Å². The molecule has 1 aliphatic carbocycles. The number of rotatable bonds is 12. The number of carbonyl (C=O) groups excluding carboxylic acids is 1. The quantitative estimate of drug-likeness (QED) is 0.0763. The number of urea groups is 1. The molecule has 1 aliphatic heterocycles. The molecule has 1 saturated heterocycles. The van der Waals surface area contributed by atoms with Crippen LogP contribution in [0, 0.1) is 0 Å². The Hall–Kier alpha value is -5.58. The second-order valence-corrected chi connectivity index (χ2v) is 15.2. The predicted octanol–water partition coefficient (Wildman–Crippen LogP) is -0.515. The molecule has 4 heterocycles. The molecule has 55 heavy (non-hydrogen) atoms. The third-order valence-electron chi connectivity index (χ3n) is 9.97. The van der Waals surface area contributed by atoms with E-state index >= 15 is 0 Å². The monoisotopic (exact) mass is 779 g/mol. The zero-order valence-electron chi connectivity index (χ0n) is 29.2. The van der Waals surface area contributed by atoms with Gasteiger partial charge in [0.05, 0.1) is 42.6 Å². The fraction of sp³-hybridized carbons (Fsp3) is 0.382. The Morgan fingerprint density at radius 2 is 1.82 bits per heavy atom. The SMILES string of the molecule is NS(=O)(=O)c1cccc(NC(=O)N[C@@H]2CCN(c3nc(N[C@H](CO)Cc4ccccc4)c4ncn([C@@H]5C[C@H](n6c(O)c(CO)[nH]c6=O)[C@@H](O)[C@H]5O)c4n3)C2)c1. The van der Waals surface area contributed by atoms with Gasteiger partial charge in [0.25, 0.3) is 0 Å². The average molecular weight is 780 g/mol. The van der Waals surface area contributed by atoms with Crippen molar-refractivity contribution < 1.29 is 38.7 Å². The molecule has 2 fully saturated rings. The number of aromatic amines is 1. The van der Waals surface area contributed by atoms with Gasteiger partial charge in [-0.1, -0.05) is 36.4 Å². The Kier molecular flexibility index (Phi) is 10.5. The topological polar surface area (TPSA) is 299 Å². The molecule has 20 nitrogen and oxygen atoms in total. The van der Waals surface area contributed by atoms with E-state index < -0.39 is 64.6 Å². The summed E-state index contributed by atoms with van der Waals surface area (Å²) in [6.07, 6.45) is -0.556. The van der Waals surface area contributed by atoms with Gasteiger partial charge in [-0.2, -0.15) is 9.97 Å². The fourth-order valence-electron chi connectivity index (χ4n) is 7.23. The Labute approximate surface area is 313 Å². The molecule has 1 saturated carbocycles. The molecule has 2 amide bonds. The van der Waals surface area contributed by atoms with E-state index in [1.807, 2.05) is 35.2 Å². The third kappa shape index (κ3) is 7.70. The van der Waals surface area contributed by atoms with Crippen LogP contribution in [0.15, 0.2) is 70.6 Å². The minimum absolute atomic E-state index is 0.0235. The number of primary sulfonamides is 1. The van der Waals surface area contributed by atoms with Crippen molar-refractivity contribution in [3.05, 3.63) is 82.7 Å². The van der Waals surface area contributed by atoms with Crippen molar-refractivity contribution in [2.75, 3.05) is 35.2 Å². The Morgan fingerprint density at radius 3 is 2.53 bits per heavy atom. The number of amides is 2. The number of nitrogens with zero attached hydrogens (tertiary/aromatic N) is 6. The van der Waals surface area contributed by atoms with Crippen LogP contribution in [0.1, 0.15) is 36.2 Å². The number of sulfonamides is 1. The normalized spacial score (nSPS) is 21.9. The van der Waals surface area contributed by atoms with Crippen LogP contribution in [-0.4, -0.2) is 113 Å². The second-order valence-electron chi connectivity index (χ2n) is 13.6. The first-order valence-corrected chi connectivity index (χ1v) is 19.0. The van der Waals surface area contributed by atoms with E-state index in [1.165, 1.54) is 30.6 Å². The summed E-state index contributed by atoms with van der Waals surface area (Å²) >= 11 is 0. The molecular formula is C34H41N11O9S. The minimum Gasteiger partial charge on any atom is -0.493 e. The van der Waals surface area contributed by atoms with Gasteiger partial charge in [-0.05, 0) is 43.0 Å². The van der Waals surface area contributed by atoms with Crippen molar-refractivity contribution in [3.8, 4) is 5.88 Å². The molecule has 3 aromatic heterocycles. The van der Waals surface area contributed by atoms with Crippen molar-refractivity contribution in [2.24, 2.45) is 5.14 Å². The lowest BCUT2D eigenvalue weighted by atomic mass is 10.1. The van der Waals surface area contributed by atoms with Crippen LogP contribution in [0.3, 0.4) is 0 Å². The molecule has 0 radical (unpaired) electrons. The van der Waals surface area contributed by atoms with Gasteiger partial charge in [-0.3, -0.25) is 4.57 Å². The maximum absolute atomic E-state index is 12.9. The highest BCUT2D eigenvalue weighted by molar-refractivity contribution is 7.89. The number of H-pyrrole nitrogens is 1. The Balaban J connectivity index is 1.17. The summed E-state index contributed by atoms with van der Waals surface area (Å²) in [6.45, 7) is -0.182. The van der Waals surface area contributed by atoms with Gasteiger partial charge in [0.15, 0.2) is 17.0 Å². The lowest BCUT2D eigenvalue weighted by Crippen LogP contribution is -2.40. The van der Waals surface area contributed by atoms with E-state index in [4.69, 9.17) is 15.1 Å². The molecule has 2 aliphatic rings. The van der Waals surface area contributed by atoms with Crippen molar-refractivity contribution in [3.63, 3.8) is 0 Å². The number of aliphatic hydroxyl groups excluding tert-OH is 4. The summed E-state index contributed by atoms with van der Waals surface area (Å²) in [6, 6.07) is 11.8. The summed E-state index contributed by atoms with van der Waals surface area (Å²) in [5, 5.41) is 67.0. The molecule has 7 rings (SSSR count). The Morgan fingerprint density at radius 1 is 1.05 bits per heavy atom. The molecule has 2 aromatic carbocycles.